The van der Waals surface area contributed by atoms with Crippen LogP contribution in [-0.4, -0.2) is 20.9 Å². The minimum Gasteiger partial charge on any atom is -0.342 e. The van der Waals surface area contributed by atoms with Crippen molar-refractivity contribution in [3.8, 4) is 0 Å². The number of aryl methyl sites for hydroxylation is 1. The number of carbonyl (C=O) groups excluding carboxylic acids is 1. The van der Waals surface area contributed by atoms with Crippen molar-refractivity contribution in [2.75, 3.05) is 5.32 Å². The predicted molar refractivity (Wildman–Crippen MR) is 77.7 cm³/mol. The van der Waals surface area contributed by atoms with Crippen molar-refractivity contribution in [1.82, 2.24) is 15.0 Å². The Morgan fingerprint density at radius 1 is 1.25 bits per heavy atom. The van der Waals surface area contributed by atoms with Gasteiger partial charge >= 0.3 is 0 Å². The average Bonchev–Trinajstić information content (AvgIpc) is 2.90. The maximum atomic E-state index is 12.0. The molecule has 3 aromatic rings. The predicted octanol–water partition coefficient (Wildman–Crippen LogP) is 2.77. The van der Waals surface area contributed by atoms with Gasteiger partial charge in [0, 0.05) is 30.1 Å². The molecule has 1 amide bonds. The van der Waals surface area contributed by atoms with E-state index in [9.17, 15) is 4.79 Å². The van der Waals surface area contributed by atoms with Crippen LogP contribution in [0.5, 0.6) is 0 Å². The first-order valence-electron chi connectivity index (χ1n) is 6.46. The summed E-state index contributed by atoms with van der Waals surface area (Å²) in [6, 6.07) is 8.99. The zero-order valence-corrected chi connectivity index (χ0v) is 11.1. The van der Waals surface area contributed by atoms with E-state index >= 15 is 0 Å². The van der Waals surface area contributed by atoms with Crippen molar-refractivity contribution >= 4 is 22.6 Å². The van der Waals surface area contributed by atoms with Crippen LogP contribution in [-0.2, 0) is 6.42 Å². The second kappa shape index (κ2) is 5.13. The summed E-state index contributed by atoms with van der Waals surface area (Å²) in [5.41, 5.74) is 3.16. The van der Waals surface area contributed by atoms with Crippen molar-refractivity contribution in [1.29, 1.82) is 0 Å². The van der Waals surface area contributed by atoms with E-state index in [1.807, 2.05) is 25.1 Å². The molecular formula is C15H14N4O. The fourth-order valence-electron chi connectivity index (χ4n) is 2.01. The fourth-order valence-corrected chi connectivity index (χ4v) is 2.01. The van der Waals surface area contributed by atoms with Crippen molar-refractivity contribution < 1.29 is 4.79 Å². The summed E-state index contributed by atoms with van der Waals surface area (Å²) in [7, 11) is 0. The minimum absolute atomic E-state index is 0.151. The summed E-state index contributed by atoms with van der Waals surface area (Å²) in [4.78, 5) is 23.6. The first-order chi connectivity index (χ1) is 9.76. The number of aromatic amines is 1. The molecule has 0 aliphatic rings. The lowest BCUT2D eigenvalue weighted by atomic mass is 10.2. The number of pyridine rings is 1. The number of carbonyl (C=O) groups is 1. The number of hydrogen-bond acceptors (Lipinski definition) is 3. The number of nitrogens with zero attached hydrogens (tertiary/aromatic N) is 2. The van der Waals surface area contributed by atoms with Crippen LogP contribution in [0.2, 0.25) is 0 Å². The Hall–Kier alpha value is -2.69. The minimum atomic E-state index is -0.151. The maximum Gasteiger partial charge on any atom is 0.255 e. The van der Waals surface area contributed by atoms with E-state index in [-0.39, 0.29) is 5.91 Å². The molecule has 0 atom stereocenters. The summed E-state index contributed by atoms with van der Waals surface area (Å²) in [5, 5.41) is 2.86. The molecule has 2 N–H and O–H groups in total. The summed E-state index contributed by atoms with van der Waals surface area (Å²) in [5.74, 6) is 0.791. The van der Waals surface area contributed by atoms with Crippen LogP contribution in [0, 0.1) is 0 Å². The van der Waals surface area contributed by atoms with Gasteiger partial charge in [0.15, 0.2) is 0 Å². The van der Waals surface area contributed by atoms with Gasteiger partial charge in [-0.1, -0.05) is 6.92 Å². The van der Waals surface area contributed by atoms with Crippen molar-refractivity contribution in [3.05, 3.63) is 54.1 Å². The summed E-state index contributed by atoms with van der Waals surface area (Å²) in [6.45, 7) is 2.05. The lowest BCUT2D eigenvalue weighted by Crippen LogP contribution is -2.11. The molecule has 0 bridgehead atoms. The normalized spacial score (nSPS) is 10.7. The zero-order valence-electron chi connectivity index (χ0n) is 11.1. The Morgan fingerprint density at radius 3 is 2.80 bits per heavy atom. The van der Waals surface area contributed by atoms with Crippen LogP contribution in [0.1, 0.15) is 23.1 Å². The lowest BCUT2D eigenvalue weighted by Gasteiger charge is -2.04. The van der Waals surface area contributed by atoms with Crippen LogP contribution in [0.3, 0.4) is 0 Å². The molecule has 0 aliphatic carbocycles. The largest absolute Gasteiger partial charge is 0.342 e. The number of benzene rings is 1. The molecular weight excluding hydrogens is 252 g/mol. The number of rotatable bonds is 3. The molecule has 1 aromatic carbocycles. The molecule has 0 fully saturated rings. The van der Waals surface area contributed by atoms with Gasteiger partial charge in [0.05, 0.1) is 11.0 Å². The van der Waals surface area contributed by atoms with E-state index in [0.29, 0.717) is 5.56 Å². The SMILES string of the molecule is CCc1nc2ccc(NC(=O)c3ccncc3)cc2[nH]1. The molecule has 3 rings (SSSR count). The molecule has 0 spiro atoms. The monoisotopic (exact) mass is 266 g/mol. The number of fused-ring (bicyclic) bond motifs is 1. The molecule has 20 heavy (non-hydrogen) atoms. The highest BCUT2D eigenvalue weighted by atomic mass is 16.1. The van der Waals surface area contributed by atoms with Crippen LogP contribution in [0.15, 0.2) is 42.7 Å². The number of anilines is 1. The Labute approximate surface area is 116 Å². The van der Waals surface area contributed by atoms with Crippen molar-refractivity contribution in [3.63, 3.8) is 0 Å². The molecule has 0 aliphatic heterocycles. The average molecular weight is 266 g/mol. The first kappa shape index (κ1) is 12.3. The number of imidazole rings is 1. The van der Waals surface area contributed by atoms with E-state index < -0.39 is 0 Å². The number of H-pyrrole nitrogens is 1. The van der Waals surface area contributed by atoms with E-state index in [1.165, 1.54) is 0 Å². The molecule has 2 heterocycles. The third kappa shape index (κ3) is 2.38. The molecule has 0 saturated heterocycles. The Bertz CT molecular complexity index is 749. The standard InChI is InChI=1S/C15H14N4O/c1-2-14-18-12-4-3-11(9-13(12)19-14)17-15(20)10-5-7-16-8-6-10/h3-9H,2H2,1H3,(H,17,20)(H,18,19). The highest BCUT2D eigenvalue weighted by molar-refractivity contribution is 6.04. The lowest BCUT2D eigenvalue weighted by molar-refractivity contribution is 0.102. The Morgan fingerprint density at radius 2 is 2.05 bits per heavy atom. The van der Waals surface area contributed by atoms with Crippen LogP contribution < -0.4 is 5.32 Å². The number of hydrogen-bond donors (Lipinski definition) is 2. The van der Waals surface area contributed by atoms with E-state index in [4.69, 9.17) is 0 Å². The highest BCUT2D eigenvalue weighted by Crippen LogP contribution is 2.18. The number of amides is 1. The maximum absolute atomic E-state index is 12.0. The van der Waals surface area contributed by atoms with Gasteiger partial charge < -0.3 is 10.3 Å². The van der Waals surface area contributed by atoms with Gasteiger partial charge in [-0.2, -0.15) is 0 Å². The number of nitrogens with one attached hydrogen (secondary N) is 2. The first-order valence-corrected chi connectivity index (χ1v) is 6.46. The van der Waals surface area contributed by atoms with Gasteiger partial charge in [-0.25, -0.2) is 4.98 Å². The van der Waals surface area contributed by atoms with Gasteiger partial charge in [-0.15, -0.1) is 0 Å². The summed E-state index contributed by atoms with van der Waals surface area (Å²) in [6.07, 6.45) is 4.05. The van der Waals surface area contributed by atoms with Gasteiger partial charge in [-0.05, 0) is 30.3 Å². The molecule has 0 saturated carbocycles. The van der Waals surface area contributed by atoms with Crippen molar-refractivity contribution in [2.24, 2.45) is 0 Å². The number of aromatic nitrogens is 3. The fraction of sp³-hybridized carbons (Fsp3) is 0.133. The van der Waals surface area contributed by atoms with Gasteiger partial charge in [-0.3, -0.25) is 9.78 Å². The van der Waals surface area contributed by atoms with Crippen LogP contribution in [0.25, 0.3) is 11.0 Å². The Balaban J connectivity index is 1.85. The van der Waals surface area contributed by atoms with E-state index in [0.717, 1.165) is 29.0 Å². The molecule has 100 valence electrons. The van der Waals surface area contributed by atoms with E-state index in [2.05, 4.69) is 20.3 Å². The molecule has 5 nitrogen and oxygen atoms in total. The molecule has 0 radical (unpaired) electrons. The smallest absolute Gasteiger partial charge is 0.255 e. The molecule has 0 unspecified atom stereocenters. The zero-order chi connectivity index (χ0) is 13.9. The van der Waals surface area contributed by atoms with Gasteiger partial charge in [0.1, 0.15) is 5.82 Å². The van der Waals surface area contributed by atoms with Gasteiger partial charge in [0.2, 0.25) is 0 Å². The van der Waals surface area contributed by atoms with Crippen molar-refractivity contribution in [2.45, 2.75) is 13.3 Å². The highest BCUT2D eigenvalue weighted by Gasteiger charge is 2.07. The second-order valence-corrected chi connectivity index (χ2v) is 4.46. The topological polar surface area (TPSA) is 70.7 Å². The quantitative estimate of drug-likeness (QED) is 0.765. The third-order valence-corrected chi connectivity index (χ3v) is 3.07. The van der Waals surface area contributed by atoms with E-state index in [1.54, 1.807) is 24.5 Å². The molecule has 2 aromatic heterocycles. The summed E-state index contributed by atoms with van der Waals surface area (Å²) >= 11 is 0. The van der Waals surface area contributed by atoms with Gasteiger partial charge in [0.25, 0.3) is 5.91 Å². The summed E-state index contributed by atoms with van der Waals surface area (Å²) < 4.78 is 0. The van der Waals surface area contributed by atoms with Crippen LogP contribution in [0.4, 0.5) is 5.69 Å². The molecule has 5 heteroatoms. The third-order valence-electron chi connectivity index (χ3n) is 3.07. The van der Waals surface area contributed by atoms with Crippen LogP contribution >= 0.6 is 0 Å². The second-order valence-electron chi connectivity index (χ2n) is 4.46. The Kier molecular flexibility index (Phi) is 3.16.